The van der Waals surface area contributed by atoms with Crippen molar-refractivity contribution in [3.05, 3.63) is 53.6 Å². The van der Waals surface area contributed by atoms with Gasteiger partial charge in [-0.2, -0.15) is 26.3 Å². The van der Waals surface area contributed by atoms with E-state index < -0.39 is 23.5 Å². The zero-order chi connectivity index (χ0) is 16.5. The molecule has 0 heterocycles. The summed E-state index contributed by atoms with van der Waals surface area (Å²) in [6.07, 6.45) is -9.76. The van der Waals surface area contributed by atoms with Crippen LogP contribution >= 0.6 is 0 Å². The van der Waals surface area contributed by atoms with Gasteiger partial charge in [0.1, 0.15) is 5.75 Å². The second-order valence-electron chi connectivity index (χ2n) is 4.44. The molecule has 0 aromatic heterocycles. The maximum atomic E-state index is 12.8. The van der Waals surface area contributed by atoms with Crippen molar-refractivity contribution in [1.82, 2.24) is 0 Å². The molecule has 0 N–H and O–H groups in total. The van der Waals surface area contributed by atoms with E-state index in [9.17, 15) is 26.3 Å². The van der Waals surface area contributed by atoms with Crippen LogP contribution in [-0.2, 0) is 12.4 Å². The van der Waals surface area contributed by atoms with E-state index in [2.05, 4.69) is 6.07 Å². The van der Waals surface area contributed by atoms with E-state index in [0.717, 1.165) is 0 Å². The minimum atomic E-state index is -4.88. The second kappa shape index (κ2) is 5.55. The van der Waals surface area contributed by atoms with Crippen molar-refractivity contribution >= 4 is 0 Å². The molecule has 2 aromatic carbocycles. The second-order valence-corrected chi connectivity index (χ2v) is 4.44. The van der Waals surface area contributed by atoms with E-state index in [1.165, 1.54) is 25.3 Å². The van der Waals surface area contributed by atoms with E-state index >= 15 is 0 Å². The van der Waals surface area contributed by atoms with E-state index in [0.29, 0.717) is 17.9 Å². The Morgan fingerprint density at radius 3 is 1.86 bits per heavy atom. The van der Waals surface area contributed by atoms with Crippen molar-refractivity contribution in [3.63, 3.8) is 0 Å². The first-order valence-electron chi connectivity index (χ1n) is 5.97. The molecule has 0 bridgehead atoms. The zero-order valence-electron chi connectivity index (χ0n) is 11.1. The first kappa shape index (κ1) is 16.2. The van der Waals surface area contributed by atoms with Gasteiger partial charge in [-0.3, -0.25) is 0 Å². The molecule has 1 radical (unpaired) electrons. The number of hydrogen-bond acceptors (Lipinski definition) is 1. The van der Waals surface area contributed by atoms with Crippen molar-refractivity contribution in [1.29, 1.82) is 0 Å². The summed E-state index contributed by atoms with van der Waals surface area (Å²) in [4.78, 5) is 0. The molecule has 0 atom stereocenters. The summed E-state index contributed by atoms with van der Waals surface area (Å²) in [5, 5.41) is 0. The van der Waals surface area contributed by atoms with Crippen LogP contribution in [0.2, 0.25) is 0 Å². The summed E-state index contributed by atoms with van der Waals surface area (Å²) in [7, 11) is 1.34. The molecule has 0 amide bonds. The Balaban J connectivity index is 2.64. The molecule has 0 unspecified atom stereocenters. The Morgan fingerprint density at radius 1 is 0.864 bits per heavy atom. The van der Waals surface area contributed by atoms with Crippen molar-refractivity contribution in [2.75, 3.05) is 7.11 Å². The summed E-state index contributed by atoms with van der Waals surface area (Å²) in [5.41, 5.74) is -2.89. The van der Waals surface area contributed by atoms with Gasteiger partial charge in [0.25, 0.3) is 0 Å². The number of hydrogen-bond donors (Lipinski definition) is 0. The van der Waals surface area contributed by atoms with Crippen LogP contribution in [-0.4, -0.2) is 7.11 Å². The molecule has 0 spiro atoms. The lowest BCUT2D eigenvalue weighted by atomic mass is 9.99. The summed E-state index contributed by atoms with van der Waals surface area (Å²) in [6.45, 7) is 0. The molecule has 117 valence electrons. The molecule has 0 fully saturated rings. The number of alkyl halides is 6. The highest BCUT2D eigenvalue weighted by atomic mass is 19.4. The Bertz CT molecular complexity index is 640. The first-order valence-corrected chi connectivity index (χ1v) is 5.97. The van der Waals surface area contributed by atoms with Crippen LogP contribution in [0.1, 0.15) is 11.1 Å². The highest BCUT2D eigenvalue weighted by Crippen LogP contribution is 2.38. The minimum Gasteiger partial charge on any atom is -0.497 e. The smallest absolute Gasteiger partial charge is 0.416 e. The molecule has 0 saturated carbocycles. The van der Waals surface area contributed by atoms with Gasteiger partial charge >= 0.3 is 12.4 Å². The fraction of sp³-hybridized carbons (Fsp3) is 0.200. The van der Waals surface area contributed by atoms with E-state index in [4.69, 9.17) is 4.74 Å². The van der Waals surface area contributed by atoms with Crippen molar-refractivity contribution in [2.45, 2.75) is 12.4 Å². The average molecular weight is 319 g/mol. The zero-order valence-corrected chi connectivity index (χ0v) is 11.1. The predicted molar refractivity (Wildman–Crippen MR) is 67.3 cm³/mol. The van der Waals surface area contributed by atoms with E-state index in [-0.39, 0.29) is 17.2 Å². The molecule has 0 saturated heterocycles. The number of ether oxygens (including phenoxy) is 1. The number of rotatable bonds is 2. The molecule has 2 aromatic rings. The van der Waals surface area contributed by atoms with Crippen molar-refractivity contribution in [3.8, 4) is 16.9 Å². The van der Waals surface area contributed by atoms with Gasteiger partial charge in [-0.05, 0) is 47.5 Å². The lowest BCUT2D eigenvalue weighted by Crippen LogP contribution is -2.11. The molecule has 7 heteroatoms. The SMILES string of the molecule is COc1cc[c]c(-c2cc(C(F)(F)F)cc(C(F)(F)F)c2)c1. The molecular formula is C15H9F6O. The van der Waals surface area contributed by atoms with Crippen molar-refractivity contribution < 1.29 is 31.1 Å². The van der Waals surface area contributed by atoms with Crippen LogP contribution in [0.15, 0.2) is 36.4 Å². The molecule has 2 rings (SSSR count). The third-order valence-electron chi connectivity index (χ3n) is 2.91. The minimum absolute atomic E-state index is 0.0796. The van der Waals surface area contributed by atoms with E-state index in [1.807, 2.05) is 0 Å². The molecule has 0 aliphatic rings. The van der Waals surface area contributed by atoms with Crippen LogP contribution < -0.4 is 4.74 Å². The molecule has 1 nitrogen and oxygen atoms in total. The Kier molecular flexibility index (Phi) is 4.08. The van der Waals surface area contributed by atoms with Gasteiger partial charge < -0.3 is 4.74 Å². The number of benzene rings is 2. The van der Waals surface area contributed by atoms with Gasteiger partial charge in [0.05, 0.1) is 18.2 Å². The maximum Gasteiger partial charge on any atom is 0.416 e. The van der Waals surface area contributed by atoms with Gasteiger partial charge in [0.2, 0.25) is 0 Å². The standard InChI is InChI=1S/C15H9F6O/c1-22-13-4-2-3-9(7-13)10-5-11(14(16,17)18)8-12(6-10)15(19,20)21/h2,4-8H,1H3. The number of methoxy groups -OCH3 is 1. The fourth-order valence-electron chi connectivity index (χ4n) is 1.85. The predicted octanol–water partition coefficient (Wildman–Crippen LogP) is 5.20. The lowest BCUT2D eigenvalue weighted by Gasteiger charge is -2.14. The Labute approximate surface area is 122 Å². The van der Waals surface area contributed by atoms with Crippen LogP contribution in [0.3, 0.4) is 0 Å². The largest absolute Gasteiger partial charge is 0.497 e. The summed E-state index contributed by atoms with van der Waals surface area (Å²) >= 11 is 0. The third-order valence-corrected chi connectivity index (χ3v) is 2.91. The summed E-state index contributed by atoms with van der Waals surface area (Å²) in [6, 6.07) is 8.16. The van der Waals surface area contributed by atoms with Crippen molar-refractivity contribution in [2.24, 2.45) is 0 Å². The van der Waals surface area contributed by atoms with E-state index in [1.54, 1.807) is 0 Å². The monoisotopic (exact) mass is 319 g/mol. The third kappa shape index (κ3) is 3.52. The molecular weight excluding hydrogens is 310 g/mol. The van der Waals surface area contributed by atoms with Crippen LogP contribution in [0.4, 0.5) is 26.3 Å². The lowest BCUT2D eigenvalue weighted by molar-refractivity contribution is -0.143. The highest BCUT2D eigenvalue weighted by Gasteiger charge is 2.37. The van der Waals surface area contributed by atoms with Gasteiger partial charge in [-0.15, -0.1) is 0 Å². The molecule has 22 heavy (non-hydrogen) atoms. The molecule has 0 aliphatic carbocycles. The first-order chi connectivity index (χ1) is 10.1. The van der Waals surface area contributed by atoms with Crippen LogP contribution in [0, 0.1) is 6.07 Å². The normalized spacial score (nSPS) is 12.3. The average Bonchev–Trinajstić information content (AvgIpc) is 2.45. The van der Waals surface area contributed by atoms with Crippen LogP contribution in [0.5, 0.6) is 5.75 Å². The fourth-order valence-corrected chi connectivity index (χ4v) is 1.85. The van der Waals surface area contributed by atoms with Crippen LogP contribution in [0.25, 0.3) is 11.1 Å². The van der Waals surface area contributed by atoms with Gasteiger partial charge in [-0.1, -0.05) is 6.07 Å². The topological polar surface area (TPSA) is 9.23 Å². The van der Waals surface area contributed by atoms with Gasteiger partial charge in [0.15, 0.2) is 0 Å². The van der Waals surface area contributed by atoms with Gasteiger partial charge in [-0.25, -0.2) is 0 Å². The Hall–Kier alpha value is -2.18. The number of halogens is 6. The molecule has 0 aliphatic heterocycles. The van der Waals surface area contributed by atoms with Gasteiger partial charge in [0, 0.05) is 0 Å². The quantitative estimate of drug-likeness (QED) is 0.691. The maximum absolute atomic E-state index is 12.8. The summed E-state index contributed by atoms with van der Waals surface area (Å²) < 4.78 is 81.7. The summed E-state index contributed by atoms with van der Waals surface area (Å²) in [5.74, 6) is 0.305. The Morgan fingerprint density at radius 2 is 1.41 bits per heavy atom. The highest BCUT2D eigenvalue weighted by molar-refractivity contribution is 5.66.